The van der Waals surface area contributed by atoms with E-state index in [1.807, 2.05) is 10.3 Å². The zero-order valence-corrected chi connectivity index (χ0v) is 10.1. The highest BCUT2D eigenvalue weighted by Gasteiger charge is 2.28. The second kappa shape index (κ2) is 4.84. The molecule has 2 heterocycles. The summed E-state index contributed by atoms with van der Waals surface area (Å²) in [6.07, 6.45) is 0.914. The van der Waals surface area contributed by atoms with Crippen LogP contribution in [0.25, 0.3) is 0 Å². The summed E-state index contributed by atoms with van der Waals surface area (Å²) in [5, 5.41) is 1.85. The molecule has 2 N–H and O–H groups in total. The molecule has 5 heteroatoms. The molecule has 1 aromatic heterocycles. The van der Waals surface area contributed by atoms with E-state index in [1.54, 1.807) is 6.07 Å². The molecule has 0 aliphatic carbocycles. The first-order valence-corrected chi connectivity index (χ1v) is 6.33. The molecule has 1 aliphatic heterocycles. The van der Waals surface area contributed by atoms with Crippen LogP contribution in [0.4, 0.5) is 5.69 Å². The lowest BCUT2D eigenvalue weighted by Gasteiger charge is -2.34. The van der Waals surface area contributed by atoms with E-state index in [-0.39, 0.29) is 11.9 Å². The van der Waals surface area contributed by atoms with Gasteiger partial charge in [0.2, 0.25) is 0 Å². The molecule has 0 saturated carbocycles. The van der Waals surface area contributed by atoms with Gasteiger partial charge in [0, 0.05) is 6.54 Å². The normalized spacial score (nSPS) is 21.1. The van der Waals surface area contributed by atoms with Gasteiger partial charge in [-0.25, -0.2) is 0 Å². The first-order chi connectivity index (χ1) is 7.74. The van der Waals surface area contributed by atoms with Gasteiger partial charge >= 0.3 is 0 Å². The standard InChI is InChI=1S/C11H16N2O2S/c1-2-8-7-15-5-4-13(8)11(14)10-9(12)3-6-16-10/h3,6,8H,2,4-5,7,12H2,1H3. The van der Waals surface area contributed by atoms with Crippen LogP contribution in [0.15, 0.2) is 11.4 Å². The van der Waals surface area contributed by atoms with Crippen molar-refractivity contribution in [3.63, 3.8) is 0 Å². The van der Waals surface area contributed by atoms with Crippen LogP contribution in [-0.4, -0.2) is 36.6 Å². The second-order valence-corrected chi connectivity index (χ2v) is 4.76. The van der Waals surface area contributed by atoms with Gasteiger partial charge in [-0.2, -0.15) is 0 Å². The number of hydrogen-bond donors (Lipinski definition) is 1. The fraction of sp³-hybridized carbons (Fsp3) is 0.545. The van der Waals surface area contributed by atoms with Crippen LogP contribution >= 0.6 is 11.3 Å². The summed E-state index contributed by atoms with van der Waals surface area (Å²) in [6, 6.07) is 1.96. The molecule has 16 heavy (non-hydrogen) atoms. The first-order valence-electron chi connectivity index (χ1n) is 5.45. The van der Waals surface area contributed by atoms with Crippen molar-refractivity contribution in [1.29, 1.82) is 0 Å². The molecule has 1 aromatic rings. The average Bonchev–Trinajstić information content (AvgIpc) is 2.74. The zero-order chi connectivity index (χ0) is 11.5. The third-order valence-corrected chi connectivity index (χ3v) is 3.77. The van der Waals surface area contributed by atoms with Crippen molar-refractivity contribution >= 4 is 22.9 Å². The first kappa shape index (κ1) is 11.4. The molecule has 1 fully saturated rings. The SMILES string of the molecule is CCC1COCCN1C(=O)c1sccc1N. The molecule has 1 unspecified atom stereocenters. The summed E-state index contributed by atoms with van der Waals surface area (Å²) in [5.41, 5.74) is 6.35. The summed E-state index contributed by atoms with van der Waals surface area (Å²) >= 11 is 1.41. The highest BCUT2D eigenvalue weighted by Crippen LogP contribution is 2.23. The van der Waals surface area contributed by atoms with Crippen LogP contribution in [-0.2, 0) is 4.74 Å². The van der Waals surface area contributed by atoms with Crippen LogP contribution in [0.1, 0.15) is 23.0 Å². The Hall–Kier alpha value is -1.07. The minimum atomic E-state index is 0.0441. The number of morpholine rings is 1. The Morgan fingerprint density at radius 1 is 1.75 bits per heavy atom. The maximum atomic E-state index is 12.3. The smallest absolute Gasteiger partial charge is 0.266 e. The van der Waals surface area contributed by atoms with E-state index < -0.39 is 0 Å². The van der Waals surface area contributed by atoms with Gasteiger partial charge in [-0.3, -0.25) is 4.79 Å². The summed E-state index contributed by atoms with van der Waals surface area (Å²) in [6.45, 7) is 3.98. The third-order valence-electron chi connectivity index (χ3n) is 2.85. The molecular weight excluding hydrogens is 224 g/mol. The summed E-state index contributed by atoms with van der Waals surface area (Å²) in [4.78, 5) is 14.8. The van der Waals surface area contributed by atoms with Gasteiger partial charge in [0.1, 0.15) is 4.88 Å². The Kier molecular flexibility index (Phi) is 3.46. The van der Waals surface area contributed by atoms with Gasteiger partial charge in [-0.05, 0) is 17.9 Å². The number of rotatable bonds is 2. The molecule has 88 valence electrons. The maximum Gasteiger partial charge on any atom is 0.266 e. The minimum absolute atomic E-state index is 0.0441. The van der Waals surface area contributed by atoms with Gasteiger partial charge < -0.3 is 15.4 Å². The number of amides is 1. The molecular formula is C11H16N2O2S. The molecule has 0 spiro atoms. The van der Waals surface area contributed by atoms with Crippen LogP contribution in [0.5, 0.6) is 0 Å². The lowest BCUT2D eigenvalue weighted by Crippen LogP contribution is -2.48. The Balaban J connectivity index is 2.17. The summed E-state index contributed by atoms with van der Waals surface area (Å²) in [5.74, 6) is 0.0441. The van der Waals surface area contributed by atoms with Crippen molar-refractivity contribution in [2.45, 2.75) is 19.4 Å². The molecule has 1 aliphatic rings. The summed E-state index contributed by atoms with van der Waals surface area (Å²) in [7, 11) is 0. The van der Waals surface area contributed by atoms with Crippen molar-refractivity contribution in [2.75, 3.05) is 25.5 Å². The molecule has 0 bridgehead atoms. The van der Waals surface area contributed by atoms with Crippen molar-refractivity contribution < 1.29 is 9.53 Å². The van der Waals surface area contributed by atoms with E-state index in [1.165, 1.54) is 11.3 Å². The van der Waals surface area contributed by atoms with Crippen molar-refractivity contribution in [3.05, 3.63) is 16.3 Å². The van der Waals surface area contributed by atoms with E-state index in [0.29, 0.717) is 30.3 Å². The number of carbonyl (C=O) groups excluding carboxylic acids is 1. The van der Waals surface area contributed by atoms with Gasteiger partial charge in [0.05, 0.1) is 24.9 Å². The van der Waals surface area contributed by atoms with E-state index in [2.05, 4.69) is 6.92 Å². The molecule has 1 amide bonds. The number of nitrogens with zero attached hydrogens (tertiary/aromatic N) is 1. The third kappa shape index (κ3) is 2.05. The van der Waals surface area contributed by atoms with Crippen molar-refractivity contribution in [1.82, 2.24) is 4.90 Å². The lowest BCUT2D eigenvalue weighted by atomic mass is 10.1. The monoisotopic (exact) mass is 240 g/mol. The van der Waals surface area contributed by atoms with E-state index >= 15 is 0 Å². The van der Waals surface area contributed by atoms with E-state index in [0.717, 1.165) is 6.42 Å². The number of nitrogens with two attached hydrogens (primary N) is 1. The van der Waals surface area contributed by atoms with Crippen LogP contribution in [0.3, 0.4) is 0 Å². The minimum Gasteiger partial charge on any atom is -0.397 e. The number of ether oxygens (including phenoxy) is 1. The number of thiophene rings is 1. The Bertz CT molecular complexity index is 378. The van der Waals surface area contributed by atoms with E-state index in [9.17, 15) is 4.79 Å². The highest BCUT2D eigenvalue weighted by atomic mass is 32.1. The Labute approximate surface area is 99.0 Å². The van der Waals surface area contributed by atoms with Gasteiger partial charge in [0.15, 0.2) is 0 Å². The quantitative estimate of drug-likeness (QED) is 0.854. The number of carbonyl (C=O) groups is 1. The number of anilines is 1. The summed E-state index contributed by atoms with van der Waals surface area (Å²) < 4.78 is 5.38. The van der Waals surface area contributed by atoms with Crippen LogP contribution in [0.2, 0.25) is 0 Å². The van der Waals surface area contributed by atoms with Gasteiger partial charge in [-0.15, -0.1) is 11.3 Å². The Morgan fingerprint density at radius 2 is 2.56 bits per heavy atom. The molecule has 0 radical (unpaired) electrons. The topological polar surface area (TPSA) is 55.6 Å². The fourth-order valence-electron chi connectivity index (χ4n) is 1.88. The molecule has 2 rings (SSSR count). The number of hydrogen-bond acceptors (Lipinski definition) is 4. The zero-order valence-electron chi connectivity index (χ0n) is 9.31. The van der Waals surface area contributed by atoms with Crippen LogP contribution < -0.4 is 5.73 Å². The van der Waals surface area contributed by atoms with Gasteiger partial charge in [-0.1, -0.05) is 6.92 Å². The predicted molar refractivity (Wildman–Crippen MR) is 64.7 cm³/mol. The van der Waals surface area contributed by atoms with Crippen molar-refractivity contribution in [2.24, 2.45) is 0 Å². The molecule has 0 aromatic carbocycles. The largest absolute Gasteiger partial charge is 0.397 e. The average molecular weight is 240 g/mol. The predicted octanol–water partition coefficient (Wildman–Crippen LogP) is 1.58. The molecule has 4 nitrogen and oxygen atoms in total. The molecule has 1 saturated heterocycles. The second-order valence-electron chi connectivity index (χ2n) is 3.84. The maximum absolute atomic E-state index is 12.3. The van der Waals surface area contributed by atoms with Crippen LogP contribution in [0, 0.1) is 0 Å². The lowest BCUT2D eigenvalue weighted by molar-refractivity contribution is -0.00248. The van der Waals surface area contributed by atoms with Crippen molar-refractivity contribution in [3.8, 4) is 0 Å². The highest BCUT2D eigenvalue weighted by molar-refractivity contribution is 7.12. The Morgan fingerprint density at radius 3 is 3.19 bits per heavy atom. The molecule has 1 atom stereocenters. The van der Waals surface area contributed by atoms with Gasteiger partial charge in [0.25, 0.3) is 5.91 Å². The number of nitrogen functional groups attached to an aromatic ring is 1. The fourth-order valence-corrected chi connectivity index (χ4v) is 2.66. The van der Waals surface area contributed by atoms with E-state index in [4.69, 9.17) is 10.5 Å².